The molecule has 0 radical (unpaired) electrons. The number of hydrogen-bond acceptors (Lipinski definition) is 4. The SMILES string of the molecule is CC(C)(C)OC(=O)N[C@@H](C(=O)O)[C@@H](O)C1CCCCC1. The molecule has 3 N–H and O–H groups in total. The van der Waals surface area contributed by atoms with Crippen LogP contribution in [0.5, 0.6) is 0 Å². The first kappa shape index (κ1) is 16.8. The lowest BCUT2D eigenvalue weighted by molar-refractivity contribution is -0.144. The molecule has 0 heterocycles. The molecular formula is C14H25NO5. The Kier molecular flexibility index (Phi) is 5.80. The number of amides is 1. The number of carbonyl (C=O) groups excluding carboxylic acids is 1. The van der Waals surface area contributed by atoms with Gasteiger partial charge in [0.25, 0.3) is 0 Å². The molecule has 0 aromatic heterocycles. The molecule has 1 amide bonds. The maximum Gasteiger partial charge on any atom is 0.408 e. The molecule has 1 fully saturated rings. The number of aliphatic hydroxyl groups excluding tert-OH is 1. The fraction of sp³-hybridized carbons (Fsp3) is 0.857. The van der Waals surface area contributed by atoms with E-state index in [4.69, 9.17) is 4.74 Å². The summed E-state index contributed by atoms with van der Waals surface area (Å²) in [5, 5.41) is 21.7. The minimum atomic E-state index is -1.33. The van der Waals surface area contributed by atoms with Gasteiger partial charge >= 0.3 is 12.1 Å². The Hall–Kier alpha value is -1.30. The number of carboxylic acids is 1. The second kappa shape index (κ2) is 6.92. The molecule has 6 heteroatoms. The van der Waals surface area contributed by atoms with E-state index in [1.54, 1.807) is 20.8 Å². The average molecular weight is 287 g/mol. The van der Waals surface area contributed by atoms with Crippen molar-refractivity contribution >= 4 is 12.1 Å². The minimum Gasteiger partial charge on any atom is -0.480 e. The Morgan fingerprint density at radius 2 is 1.75 bits per heavy atom. The zero-order valence-corrected chi connectivity index (χ0v) is 12.4. The lowest BCUT2D eigenvalue weighted by Gasteiger charge is -2.31. The summed E-state index contributed by atoms with van der Waals surface area (Å²) in [6.45, 7) is 5.08. The summed E-state index contributed by atoms with van der Waals surface area (Å²) >= 11 is 0. The first-order chi connectivity index (χ1) is 9.20. The molecule has 0 aromatic carbocycles. The largest absolute Gasteiger partial charge is 0.480 e. The van der Waals surface area contributed by atoms with Crippen LogP contribution in [0.3, 0.4) is 0 Å². The summed E-state index contributed by atoms with van der Waals surface area (Å²) in [5.41, 5.74) is -0.705. The molecule has 0 unspecified atom stereocenters. The lowest BCUT2D eigenvalue weighted by atomic mass is 9.82. The van der Waals surface area contributed by atoms with Crippen molar-refractivity contribution in [1.29, 1.82) is 0 Å². The standard InChI is InChI=1S/C14H25NO5/c1-14(2,3)20-13(19)15-10(12(17)18)11(16)9-7-5-4-6-8-9/h9-11,16H,4-8H2,1-3H3,(H,15,19)(H,17,18)/t10-,11+/m1/s1. The number of aliphatic carboxylic acids is 1. The van der Waals surface area contributed by atoms with E-state index in [1.165, 1.54) is 0 Å². The van der Waals surface area contributed by atoms with Crippen LogP contribution in [0.15, 0.2) is 0 Å². The van der Waals surface area contributed by atoms with Gasteiger partial charge in [0.1, 0.15) is 5.60 Å². The predicted molar refractivity (Wildman–Crippen MR) is 73.4 cm³/mol. The predicted octanol–water partition coefficient (Wildman–Crippen LogP) is 1.91. The van der Waals surface area contributed by atoms with E-state index >= 15 is 0 Å². The van der Waals surface area contributed by atoms with E-state index in [9.17, 15) is 19.8 Å². The van der Waals surface area contributed by atoms with Crippen LogP contribution in [0, 0.1) is 5.92 Å². The van der Waals surface area contributed by atoms with Crippen molar-refractivity contribution in [2.45, 2.75) is 70.6 Å². The second-order valence-electron chi connectivity index (χ2n) is 6.35. The molecule has 6 nitrogen and oxygen atoms in total. The first-order valence-corrected chi connectivity index (χ1v) is 7.11. The van der Waals surface area contributed by atoms with Gasteiger partial charge in [0.05, 0.1) is 6.10 Å². The highest BCUT2D eigenvalue weighted by Gasteiger charge is 2.35. The van der Waals surface area contributed by atoms with Crippen molar-refractivity contribution in [3.05, 3.63) is 0 Å². The van der Waals surface area contributed by atoms with Gasteiger partial charge in [0, 0.05) is 0 Å². The van der Waals surface area contributed by atoms with Gasteiger partial charge in [-0.2, -0.15) is 0 Å². The summed E-state index contributed by atoms with van der Waals surface area (Å²) in [6, 6.07) is -1.33. The van der Waals surface area contributed by atoms with E-state index < -0.39 is 29.8 Å². The Morgan fingerprint density at radius 1 is 1.20 bits per heavy atom. The number of carboxylic acid groups (broad SMARTS) is 1. The molecule has 1 aliphatic carbocycles. The molecule has 1 aliphatic rings. The third kappa shape index (κ3) is 5.36. The zero-order valence-electron chi connectivity index (χ0n) is 12.4. The van der Waals surface area contributed by atoms with E-state index in [0.717, 1.165) is 32.1 Å². The van der Waals surface area contributed by atoms with Gasteiger partial charge in [0.15, 0.2) is 6.04 Å². The number of ether oxygens (including phenoxy) is 1. The van der Waals surface area contributed by atoms with Gasteiger partial charge in [-0.1, -0.05) is 19.3 Å². The maximum absolute atomic E-state index is 11.7. The number of hydrogen-bond donors (Lipinski definition) is 3. The molecule has 20 heavy (non-hydrogen) atoms. The van der Waals surface area contributed by atoms with Crippen molar-refractivity contribution in [1.82, 2.24) is 5.32 Å². The van der Waals surface area contributed by atoms with E-state index in [0.29, 0.717) is 0 Å². The van der Waals surface area contributed by atoms with Gasteiger partial charge in [-0.05, 0) is 39.5 Å². The fourth-order valence-electron chi connectivity index (χ4n) is 2.48. The smallest absolute Gasteiger partial charge is 0.408 e. The van der Waals surface area contributed by atoms with Crippen molar-refractivity contribution in [3.8, 4) is 0 Å². The van der Waals surface area contributed by atoms with Gasteiger partial charge in [-0.25, -0.2) is 9.59 Å². The van der Waals surface area contributed by atoms with Crippen LogP contribution >= 0.6 is 0 Å². The van der Waals surface area contributed by atoms with Crippen LogP contribution in [-0.4, -0.2) is 40.0 Å². The van der Waals surface area contributed by atoms with Crippen LogP contribution in [-0.2, 0) is 9.53 Å². The van der Waals surface area contributed by atoms with Crippen LogP contribution in [0.2, 0.25) is 0 Å². The third-order valence-electron chi connectivity index (χ3n) is 3.41. The number of nitrogens with one attached hydrogen (secondary N) is 1. The number of alkyl carbamates (subject to hydrolysis) is 1. The van der Waals surface area contributed by atoms with Crippen LogP contribution in [0.25, 0.3) is 0 Å². The Labute approximate surface area is 119 Å². The van der Waals surface area contributed by atoms with E-state index in [1.807, 2.05) is 0 Å². The first-order valence-electron chi connectivity index (χ1n) is 7.11. The van der Waals surface area contributed by atoms with Gasteiger partial charge in [-0.15, -0.1) is 0 Å². The normalized spacial score (nSPS) is 20.0. The molecular weight excluding hydrogens is 262 g/mol. The molecule has 2 atom stereocenters. The topological polar surface area (TPSA) is 95.9 Å². The average Bonchev–Trinajstić information content (AvgIpc) is 2.34. The minimum absolute atomic E-state index is 0.0835. The van der Waals surface area contributed by atoms with Crippen LogP contribution in [0.1, 0.15) is 52.9 Å². The molecule has 0 saturated heterocycles. The quantitative estimate of drug-likeness (QED) is 0.734. The van der Waals surface area contributed by atoms with Crippen LogP contribution < -0.4 is 5.32 Å². The number of carbonyl (C=O) groups is 2. The third-order valence-corrected chi connectivity index (χ3v) is 3.41. The molecule has 0 aromatic rings. The summed E-state index contributed by atoms with van der Waals surface area (Å²) in [7, 11) is 0. The molecule has 1 saturated carbocycles. The highest BCUT2D eigenvalue weighted by Crippen LogP contribution is 2.28. The molecule has 1 rings (SSSR count). The van der Waals surface area contributed by atoms with E-state index in [-0.39, 0.29) is 5.92 Å². The number of rotatable bonds is 4. The monoisotopic (exact) mass is 287 g/mol. The summed E-state index contributed by atoms with van der Waals surface area (Å²) in [4.78, 5) is 22.9. The molecule has 0 spiro atoms. The van der Waals surface area contributed by atoms with Crippen molar-refractivity contribution in [3.63, 3.8) is 0 Å². The zero-order chi connectivity index (χ0) is 15.3. The second-order valence-corrected chi connectivity index (χ2v) is 6.35. The van der Waals surface area contributed by atoms with Crippen molar-refractivity contribution in [2.75, 3.05) is 0 Å². The maximum atomic E-state index is 11.7. The molecule has 0 bridgehead atoms. The Balaban J connectivity index is 2.63. The highest BCUT2D eigenvalue weighted by molar-refractivity contribution is 5.80. The fourth-order valence-corrected chi connectivity index (χ4v) is 2.48. The Bertz CT molecular complexity index is 344. The van der Waals surface area contributed by atoms with Gasteiger partial charge in [-0.3, -0.25) is 0 Å². The molecule has 0 aliphatic heterocycles. The van der Waals surface area contributed by atoms with Gasteiger partial charge < -0.3 is 20.3 Å². The summed E-state index contributed by atoms with van der Waals surface area (Å²) in [5.74, 6) is -1.33. The molecule has 116 valence electrons. The highest BCUT2D eigenvalue weighted by atomic mass is 16.6. The summed E-state index contributed by atoms with van der Waals surface area (Å²) < 4.78 is 5.03. The number of aliphatic hydroxyl groups is 1. The van der Waals surface area contributed by atoms with Crippen molar-refractivity contribution < 1.29 is 24.5 Å². The lowest BCUT2D eigenvalue weighted by Crippen LogP contribution is -2.52. The van der Waals surface area contributed by atoms with Crippen LogP contribution in [0.4, 0.5) is 4.79 Å². The Morgan fingerprint density at radius 3 is 2.20 bits per heavy atom. The van der Waals surface area contributed by atoms with E-state index in [2.05, 4.69) is 5.32 Å². The van der Waals surface area contributed by atoms with Gasteiger partial charge in [0.2, 0.25) is 0 Å². The summed E-state index contributed by atoms with van der Waals surface area (Å²) in [6.07, 6.45) is 2.77. The van der Waals surface area contributed by atoms with Crippen molar-refractivity contribution in [2.24, 2.45) is 5.92 Å².